The standard InChI is InChI=1S/C40H56O2/c1-29(17-13-19-31(3)21-23-37-33(5)25-35(41)27-39(37,7)8)15-11-12-16-30(2)18-14-20-32(4)22-24-38-34(6)26-36(42)28-40(38,9)10/h11-24,35-36,41-42H,25-28H2,1-10H3/b12-11+,17-13-,18-14-,23-21-,24-22+,29-15+,30-16+,31-19-,32-20-/t35-,36-/m1/s1. The van der Waals surface area contributed by atoms with Crippen molar-refractivity contribution in [2.45, 2.75) is 107 Å². The van der Waals surface area contributed by atoms with Gasteiger partial charge in [-0.05, 0) is 89.2 Å². The summed E-state index contributed by atoms with van der Waals surface area (Å²) in [7, 11) is 0. The fourth-order valence-corrected chi connectivity index (χ4v) is 6.13. The molecule has 0 heterocycles. The summed E-state index contributed by atoms with van der Waals surface area (Å²) in [6.07, 6.45) is 32.6. The fourth-order valence-electron chi connectivity index (χ4n) is 6.13. The van der Waals surface area contributed by atoms with Crippen molar-refractivity contribution in [1.82, 2.24) is 0 Å². The molecular formula is C40H56O2. The second-order valence-electron chi connectivity index (χ2n) is 13.7. The first kappa shape index (κ1) is 35.3. The minimum atomic E-state index is -0.227. The van der Waals surface area contributed by atoms with Crippen LogP contribution in [0.2, 0.25) is 0 Å². The Kier molecular flexibility index (Phi) is 13.5. The van der Waals surface area contributed by atoms with Crippen LogP contribution < -0.4 is 0 Å². The second kappa shape index (κ2) is 16.1. The Balaban J connectivity index is 1.90. The molecule has 228 valence electrons. The van der Waals surface area contributed by atoms with Gasteiger partial charge in [0.25, 0.3) is 0 Å². The first-order valence-corrected chi connectivity index (χ1v) is 15.5. The summed E-state index contributed by atoms with van der Waals surface area (Å²) in [5, 5.41) is 20.2. The predicted octanol–water partition coefficient (Wildman–Crippen LogP) is 10.5. The maximum absolute atomic E-state index is 10.1. The van der Waals surface area contributed by atoms with Gasteiger partial charge in [0.1, 0.15) is 0 Å². The molecule has 0 bridgehead atoms. The molecule has 0 fully saturated rings. The van der Waals surface area contributed by atoms with Crippen LogP contribution in [0.4, 0.5) is 0 Å². The van der Waals surface area contributed by atoms with Crippen molar-refractivity contribution in [3.63, 3.8) is 0 Å². The smallest absolute Gasteiger partial charge is 0.0585 e. The van der Waals surface area contributed by atoms with E-state index < -0.39 is 0 Å². The lowest BCUT2D eigenvalue weighted by Crippen LogP contribution is -2.28. The summed E-state index contributed by atoms with van der Waals surface area (Å²) in [6, 6.07) is 0. The third-order valence-electron chi connectivity index (χ3n) is 8.24. The van der Waals surface area contributed by atoms with E-state index in [4.69, 9.17) is 0 Å². The molecule has 0 spiro atoms. The number of allylic oxidation sites excluding steroid dienone is 20. The maximum Gasteiger partial charge on any atom is 0.0585 e. The molecule has 2 rings (SSSR count). The quantitative estimate of drug-likeness (QED) is 0.257. The SMILES string of the molecule is CC1=C(\C=C/C(C)=C\C=C/C(C)=C/C=C/C=C(C)/C=C\C=C(C)/C=C/C2=C(C)C[C@@H](O)CC2(C)C)C(C)(C)C[C@H](O)C1. The summed E-state index contributed by atoms with van der Waals surface area (Å²) in [4.78, 5) is 0. The van der Waals surface area contributed by atoms with Crippen molar-refractivity contribution in [2.75, 3.05) is 0 Å². The summed E-state index contributed by atoms with van der Waals surface area (Å²) < 4.78 is 0. The van der Waals surface area contributed by atoms with E-state index in [1.54, 1.807) is 0 Å². The molecule has 2 nitrogen and oxygen atoms in total. The molecule has 2 heteroatoms. The minimum absolute atomic E-state index is 0.00547. The molecule has 0 aromatic heterocycles. The van der Waals surface area contributed by atoms with Gasteiger partial charge in [0.05, 0.1) is 12.2 Å². The third-order valence-corrected chi connectivity index (χ3v) is 8.24. The van der Waals surface area contributed by atoms with E-state index in [2.05, 4.69) is 154 Å². The van der Waals surface area contributed by atoms with Crippen LogP contribution in [0.15, 0.2) is 130 Å². The van der Waals surface area contributed by atoms with Crippen LogP contribution in [0.25, 0.3) is 0 Å². The van der Waals surface area contributed by atoms with Gasteiger partial charge < -0.3 is 10.2 Å². The monoisotopic (exact) mass is 568 g/mol. The van der Waals surface area contributed by atoms with E-state index in [0.717, 1.165) is 25.7 Å². The molecule has 2 aliphatic carbocycles. The molecule has 2 atom stereocenters. The van der Waals surface area contributed by atoms with E-state index in [0.29, 0.717) is 0 Å². The van der Waals surface area contributed by atoms with Gasteiger partial charge in [-0.25, -0.2) is 0 Å². The van der Waals surface area contributed by atoms with Gasteiger partial charge in [-0.1, -0.05) is 146 Å². The average Bonchev–Trinajstić information content (AvgIpc) is 2.84. The molecule has 0 aromatic carbocycles. The van der Waals surface area contributed by atoms with Crippen LogP contribution in [0, 0.1) is 10.8 Å². The lowest BCUT2D eigenvalue weighted by Gasteiger charge is -2.35. The van der Waals surface area contributed by atoms with E-state index in [9.17, 15) is 10.2 Å². The Morgan fingerprint density at radius 2 is 0.857 bits per heavy atom. The number of hydrogen-bond donors (Lipinski definition) is 2. The third kappa shape index (κ3) is 11.7. The fraction of sp³-hybridized carbons (Fsp3) is 0.450. The Morgan fingerprint density at radius 1 is 0.548 bits per heavy atom. The van der Waals surface area contributed by atoms with Crippen LogP contribution in [-0.4, -0.2) is 22.4 Å². The highest BCUT2D eigenvalue weighted by Crippen LogP contribution is 2.42. The maximum atomic E-state index is 10.1. The molecule has 0 amide bonds. The highest BCUT2D eigenvalue weighted by atomic mass is 16.3. The Hall–Kier alpha value is -2.94. The summed E-state index contributed by atoms with van der Waals surface area (Å²) >= 11 is 0. The van der Waals surface area contributed by atoms with Crippen molar-refractivity contribution in [3.05, 3.63) is 130 Å². The molecule has 0 aromatic rings. The molecule has 0 unspecified atom stereocenters. The van der Waals surface area contributed by atoms with Gasteiger partial charge in [-0.15, -0.1) is 0 Å². The highest BCUT2D eigenvalue weighted by molar-refractivity contribution is 5.39. The Labute approximate surface area is 257 Å². The Bertz CT molecular complexity index is 1190. The zero-order valence-corrected chi connectivity index (χ0v) is 28.0. The number of aliphatic hydroxyl groups excluding tert-OH is 2. The van der Waals surface area contributed by atoms with E-state index in [1.165, 1.54) is 44.6 Å². The molecule has 0 radical (unpaired) electrons. The van der Waals surface area contributed by atoms with Gasteiger partial charge in [0.15, 0.2) is 0 Å². The zero-order valence-electron chi connectivity index (χ0n) is 28.0. The van der Waals surface area contributed by atoms with Crippen LogP contribution in [0.5, 0.6) is 0 Å². The Morgan fingerprint density at radius 3 is 1.19 bits per heavy atom. The first-order valence-electron chi connectivity index (χ1n) is 15.5. The summed E-state index contributed by atoms with van der Waals surface area (Å²) in [5.41, 5.74) is 10.1. The van der Waals surface area contributed by atoms with E-state index in [-0.39, 0.29) is 23.0 Å². The van der Waals surface area contributed by atoms with Crippen molar-refractivity contribution in [3.8, 4) is 0 Å². The second-order valence-corrected chi connectivity index (χ2v) is 13.7. The molecule has 0 saturated carbocycles. The molecular weight excluding hydrogens is 512 g/mol. The summed E-state index contributed by atoms with van der Waals surface area (Å²) in [6.45, 7) is 21.6. The van der Waals surface area contributed by atoms with Crippen molar-refractivity contribution < 1.29 is 10.2 Å². The molecule has 2 aliphatic rings. The van der Waals surface area contributed by atoms with E-state index >= 15 is 0 Å². The van der Waals surface area contributed by atoms with Crippen molar-refractivity contribution >= 4 is 0 Å². The predicted molar refractivity (Wildman–Crippen MR) is 184 cm³/mol. The number of hydrogen-bond acceptors (Lipinski definition) is 2. The van der Waals surface area contributed by atoms with Crippen LogP contribution in [0.1, 0.15) is 94.9 Å². The lowest BCUT2D eigenvalue weighted by molar-refractivity contribution is 0.116. The number of aliphatic hydroxyl groups is 2. The van der Waals surface area contributed by atoms with E-state index in [1.807, 2.05) is 0 Å². The largest absolute Gasteiger partial charge is 0.393 e. The normalized spacial score (nSPS) is 25.0. The first-order chi connectivity index (χ1) is 19.6. The van der Waals surface area contributed by atoms with Crippen LogP contribution in [0.3, 0.4) is 0 Å². The number of rotatable bonds is 10. The van der Waals surface area contributed by atoms with Gasteiger partial charge in [0, 0.05) is 0 Å². The van der Waals surface area contributed by atoms with Crippen LogP contribution in [-0.2, 0) is 0 Å². The van der Waals surface area contributed by atoms with Crippen molar-refractivity contribution in [1.29, 1.82) is 0 Å². The van der Waals surface area contributed by atoms with Gasteiger partial charge >= 0.3 is 0 Å². The molecule has 42 heavy (non-hydrogen) atoms. The zero-order chi connectivity index (χ0) is 31.5. The summed E-state index contributed by atoms with van der Waals surface area (Å²) in [5.74, 6) is 0. The average molecular weight is 569 g/mol. The van der Waals surface area contributed by atoms with Crippen LogP contribution >= 0.6 is 0 Å². The molecule has 0 saturated heterocycles. The molecule has 0 aliphatic heterocycles. The van der Waals surface area contributed by atoms with Gasteiger partial charge in [0.2, 0.25) is 0 Å². The van der Waals surface area contributed by atoms with Gasteiger partial charge in [-0.2, -0.15) is 0 Å². The minimum Gasteiger partial charge on any atom is -0.393 e. The van der Waals surface area contributed by atoms with Gasteiger partial charge in [-0.3, -0.25) is 0 Å². The topological polar surface area (TPSA) is 40.5 Å². The lowest BCUT2D eigenvalue weighted by atomic mass is 9.71. The highest BCUT2D eigenvalue weighted by Gasteiger charge is 2.32. The molecule has 2 N–H and O–H groups in total. The van der Waals surface area contributed by atoms with Crippen molar-refractivity contribution in [2.24, 2.45) is 10.8 Å².